The summed E-state index contributed by atoms with van der Waals surface area (Å²) in [6, 6.07) is 18.2. The van der Waals surface area contributed by atoms with E-state index in [1.807, 2.05) is 18.2 Å². The van der Waals surface area contributed by atoms with Crippen LogP contribution < -0.4 is 4.72 Å². The molecule has 0 saturated carbocycles. The molecule has 2 atom stereocenters. The molecule has 1 heterocycles. The summed E-state index contributed by atoms with van der Waals surface area (Å²) in [6.45, 7) is 2.85. The van der Waals surface area contributed by atoms with Gasteiger partial charge in [0.1, 0.15) is 0 Å². The summed E-state index contributed by atoms with van der Waals surface area (Å²) < 4.78 is 34.9. The molecule has 5 nitrogen and oxygen atoms in total. The molecule has 150 valence electrons. The second-order valence-electron chi connectivity index (χ2n) is 7.44. The summed E-state index contributed by atoms with van der Waals surface area (Å²) >= 11 is 5.94. The molecule has 0 unspecified atom stereocenters. The van der Waals surface area contributed by atoms with E-state index in [1.165, 1.54) is 17.7 Å². The summed E-state index contributed by atoms with van der Waals surface area (Å²) in [5.74, 6) is 0. The molecule has 0 spiro atoms. The fraction of sp³-hybridized carbons (Fsp3) is 0.273. The van der Waals surface area contributed by atoms with Crippen LogP contribution in [0.2, 0.25) is 5.02 Å². The Hall–Kier alpha value is -1.96. The maximum absolute atomic E-state index is 13.2. The number of hydrogen-bond acceptors (Lipinski definition) is 4. The van der Waals surface area contributed by atoms with E-state index >= 15 is 0 Å². The molecule has 0 amide bonds. The van der Waals surface area contributed by atoms with E-state index in [0.717, 1.165) is 29.4 Å². The molecule has 1 fully saturated rings. The van der Waals surface area contributed by atoms with Gasteiger partial charge in [-0.15, -0.1) is 0 Å². The highest BCUT2D eigenvalue weighted by atomic mass is 35.5. The van der Waals surface area contributed by atoms with Gasteiger partial charge in [0.05, 0.1) is 30.2 Å². The Balaban J connectivity index is 1.60. The number of ether oxygens (including phenoxy) is 1. The molecule has 0 aromatic heterocycles. The van der Waals surface area contributed by atoms with Gasteiger partial charge in [0.2, 0.25) is 10.0 Å². The highest BCUT2D eigenvalue weighted by Gasteiger charge is 2.40. The largest absolute Gasteiger partial charge is 0.379 e. The summed E-state index contributed by atoms with van der Waals surface area (Å²) in [5, 5.41) is 2.79. The molecule has 3 aromatic carbocycles. The van der Waals surface area contributed by atoms with Crippen LogP contribution in [0, 0.1) is 0 Å². The number of hydrogen-bond donors (Lipinski definition) is 1. The third-order valence-corrected chi connectivity index (χ3v) is 7.49. The minimum atomic E-state index is -3.71. The van der Waals surface area contributed by atoms with Gasteiger partial charge in [-0.2, -0.15) is 0 Å². The Labute approximate surface area is 175 Å². The lowest BCUT2D eigenvalue weighted by Crippen LogP contribution is -2.44. The number of morpholine rings is 1. The third kappa shape index (κ3) is 3.35. The van der Waals surface area contributed by atoms with Crippen molar-refractivity contribution in [1.29, 1.82) is 0 Å². The van der Waals surface area contributed by atoms with Crippen molar-refractivity contribution in [3.63, 3.8) is 0 Å². The van der Waals surface area contributed by atoms with Crippen LogP contribution in [0.1, 0.15) is 23.2 Å². The van der Waals surface area contributed by atoms with Crippen LogP contribution in [0.15, 0.2) is 65.6 Å². The number of rotatable bonds is 4. The average molecular weight is 429 g/mol. The van der Waals surface area contributed by atoms with Crippen LogP contribution in [-0.2, 0) is 14.8 Å². The molecule has 0 radical (unpaired) electrons. The summed E-state index contributed by atoms with van der Waals surface area (Å²) in [7, 11) is -3.71. The van der Waals surface area contributed by atoms with Gasteiger partial charge in [-0.05, 0) is 46.2 Å². The molecular weight excluding hydrogens is 408 g/mol. The number of nitrogens with zero attached hydrogens (tertiary/aromatic N) is 1. The van der Waals surface area contributed by atoms with E-state index in [2.05, 4.69) is 27.8 Å². The van der Waals surface area contributed by atoms with Crippen molar-refractivity contribution in [2.24, 2.45) is 0 Å². The second kappa shape index (κ2) is 7.38. The lowest BCUT2D eigenvalue weighted by Gasteiger charge is -2.36. The van der Waals surface area contributed by atoms with E-state index in [4.69, 9.17) is 16.3 Å². The molecule has 1 aliphatic heterocycles. The molecular formula is C22H21ClN2O3S. The molecule has 2 aliphatic rings. The fourth-order valence-electron chi connectivity index (χ4n) is 4.50. The quantitative estimate of drug-likeness (QED) is 0.684. The zero-order valence-electron chi connectivity index (χ0n) is 15.7. The van der Waals surface area contributed by atoms with Crippen LogP contribution in [-0.4, -0.2) is 39.6 Å². The monoisotopic (exact) mass is 428 g/mol. The number of benzene rings is 3. The first kappa shape index (κ1) is 19.0. The highest BCUT2D eigenvalue weighted by molar-refractivity contribution is 7.89. The Morgan fingerprint density at radius 1 is 0.931 bits per heavy atom. The normalized spacial score (nSPS) is 22.2. The summed E-state index contributed by atoms with van der Waals surface area (Å²) in [5.41, 5.74) is 2.19. The average Bonchev–Trinajstić information content (AvgIpc) is 3.04. The van der Waals surface area contributed by atoms with Crippen molar-refractivity contribution in [2.45, 2.75) is 17.0 Å². The topological polar surface area (TPSA) is 58.6 Å². The molecule has 29 heavy (non-hydrogen) atoms. The highest BCUT2D eigenvalue weighted by Crippen LogP contribution is 2.47. The second-order valence-corrected chi connectivity index (χ2v) is 9.59. The van der Waals surface area contributed by atoms with Gasteiger partial charge >= 0.3 is 0 Å². The van der Waals surface area contributed by atoms with Crippen molar-refractivity contribution in [3.05, 3.63) is 76.8 Å². The van der Waals surface area contributed by atoms with Crippen LogP contribution in [0.3, 0.4) is 0 Å². The maximum Gasteiger partial charge on any atom is 0.241 e. The van der Waals surface area contributed by atoms with Crippen LogP contribution in [0.25, 0.3) is 10.8 Å². The standard InChI is InChI=1S/C22H21ClN2O3S/c23-16-7-9-17(10-8-16)29(26,27)24-21-18-5-1-3-15-4-2-6-19(20(15)18)22(21)25-11-13-28-14-12-25/h1-10,21-22,24H,11-14H2/t21-,22-/m1/s1. The van der Waals surface area contributed by atoms with Gasteiger partial charge in [-0.25, -0.2) is 13.1 Å². The summed E-state index contributed by atoms with van der Waals surface area (Å²) in [4.78, 5) is 2.54. The lowest BCUT2D eigenvalue weighted by atomic mass is 10.0. The van der Waals surface area contributed by atoms with E-state index in [-0.39, 0.29) is 17.0 Å². The molecule has 5 rings (SSSR count). The number of halogens is 1. The Kier molecular flexibility index (Phi) is 4.84. The minimum Gasteiger partial charge on any atom is -0.379 e. The SMILES string of the molecule is O=S(=O)(N[C@@H]1c2cccc3cccc(c23)[C@H]1N1CCOCC1)c1ccc(Cl)cc1. The smallest absolute Gasteiger partial charge is 0.241 e. The zero-order valence-corrected chi connectivity index (χ0v) is 17.3. The van der Waals surface area contributed by atoms with Crippen LogP contribution in [0.5, 0.6) is 0 Å². The predicted octanol–water partition coefficient (Wildman–Crippen LogP) is 3.90. The first-order valence-corrected chi connectivity index (χ1v) is 11.5. The Morgan fingerprint density at radius 3 is 2.28 bits per heavy atom. The van der Waals surface area contributed by atoms with Crippen molar-refractivity contribution < 1.29 is 13.2 Å². The molecule has 1 N–H and O–H groups in total. The van der Waals surface area contributed by atoms with E-state index in [9.17, 15) is 8.42 Å². The number of sulfonamides is 1. The Bertz CT molecular complexity index is 1150. The molecule has 1 aliphatic carbocycles. The molecule has 0 bridgehead atoms. The predicted molar refractivity (Wildman–Crippen MR) is 114 cm³/mol. The first-order chi connectivity index (χ1) is 14.0. The molecule has 7 heteroatoms. The van der Waals surface area contributed by atoms with Crippen molar-refractivity contribution in [2.75, 3.05) is 26.3 Å². The van der Waals surface area contributed by atoms with Gasteiger partial charge in [0.15, 0.2) is 0 Å². The van der Waals surface area contributed by atoms with Gasteiger partial charge in [-0.3, -0.25) is 4.90 Å². The van der Waals surface area contributed by atoms with Gasteiger partial charge in [0, 0.05) is 18.1 Å². The Morgan fingerprint density at radius 2 is 1.59 bits per heavy atom. The van der Waals surface area contributed by atoms with Crippen molar-refractivity contribution in [3.8, 4) is 0 Å². The molecule has 1 saturated heterocycles. The zero-order chi connectivity index (χ0) is 20.0. The van der Waals surface area contributed by atoms with Gasteiger partial charge in [-0.1, -0.05) is 48.0 Å². The minimum absolute atomic E-state index is 0.0675. The van der Waals surface area contributed by atoms with Crippen LogP contribution in [0.4, 0.5) is 0 Å². The summed E-state index contributed by atoms with van der Waals surface area (Å²) in [6.07, 6.45) is 0. The molecule has 3 aromatic rings. The fourth-order valence-corrected chi connectivity index (χ4v) is 5.84. The maximum atomic E-state index is 13.2. The van der Waals surface area contributed by atoms with Crippen molar-refractivity contribution >= 4 is 32.4 Å². The third-order valence-electron chi connectivity index (χ3n) is 5.78. The van der Waals surface area contributed by atoms with Crippen LogP contribution >= 0.6 is 11.6 Å². The van der Waals surface area contributed by atoms with Gasteiger partial charge in [0.25, 0.3) is 0 Å². The first-order valence-electron chi connectivity index (χ1n) is 9.66. The number of nitrogens with one attached hydrogen (secondary N) is 1. The lowest BCUT2D eigenvalue weighted by molar-refractivity contribution is 0.0106. The van der Waals surface area contributed by atoms with Crippen molar-refractivity contribution in [1.82, 2.24) is 9.62 Å². The van der Waals surface area contributed by atoms with E-state index in [1.54, 1.807) is 12.1 Å². The van der Waals surface area contributed by atoms with E-state index < -0.39 is 10.0 Å². The van der Waals surface area contributed by atoms with Gasteiger partial charge < -0.3 is 4.74 Å². The van der Waals surface area contributed by atoms with E-state index in [0.29, 0.717) is 18.2 Å².